The lowest BCUT2D eigenvalue weighted by molar-refractivity contribution is 0.0564. The number of alkyl halides is 2. The van der Waals surface area contributed by atoms with Gasteiger partial charge in [-0.2, -0.15) is 13.9 Å². The normalized spacial score (nSPS) is 22.9. The molecule has 0 saturated carbocycles. The Hall–Kier alpha value is -3.64. The van der Waals surface area contributed by atoms with Crippen molar-refractivity contribution in [1.29, 1.82) is 0 Å². The number of hydrogen-bond acceptors (Lipinski definition) is 7. The number of ether oxygens (including phenoxy) is 1. The van der Waals surface area contributed by atoms with Crippen LogP contribution in [0.1, 0.15) is 35.3 Å². The number of thiazole rings is 1. The standard InChI is InChI=1S/C25H20ClF3N6O2S/c1-2-7-33-12-25(37-24(33)36)11-18-19(17-5-8-35(32-17)23(28)29)20(15-4-3-14(27)10-16(15)26)31-21(34(18)13-25)22-30-6-9-38-22/h2-6,8-10,20,23H,1,7,11-13H2/t20-,25?/m0/s1. The predicted molar refractivity (Wildman–Crippen MR) is 136 cm³/mol. The molecule has 0 aliphatic carbocycles. The molecule has 6 rings (SSSR count). The zero-order chi connectivity index (χ0) is 26.6. The molecule has 3 aromatic rings. The molecule has 3 aliphatic heterocycles. The maximum absolute atomic E-state index is 14.0. The van der Waals surface area contributed by atoms with Gasteiger partial charge in [-0.25, -0.2) is 18.9 Å². The highest BCUT2D eigenvalue weighted by Gasteiger charge is 2.54. The molecular weight excluding hydrogens is 541 g/mol. The van der Waals surface area contributed by atoms with E-state index >= 15 is 0 Å². The fraction of sp³-hybridized carbons (Fsp3) is 0.280. The number of fused-ring (bicyclic) bond motifs is 1. The minimum Gasteiger partial charge on any atom is -0.439 e. The largest absolute Gasteiger partial charge is 0.439 e. The first-order valence-corrected chi connectivity index (χ1v) is 12.9. The number of rotatable bonds is 6. The van der Waals surface area contributed by atoms with Gasteiger partial charge in [0.05, 0.1) is 18.8 Å². The first-order chi connectivity index (χ1) is 18.3. The maximum Gasteiger partial charge on any atom is 0.410 e. The molecule has 2 atom stereocenters. The molecule has 1 aromatic carbocycles. The van der Waals surface area contributed by atoms with E-state index in [1.807, 2.05) is 10.3 Å². The van der Waals surface area contributed by atoms with E-state index in [0.29, 0.717) is 45.4 Å². The van der Waals surface area contributed by atoms with E-state index in [0.717, 1.165) is 0 Å². The molecule has 3 aliphatic rings. The van der Waals surface area contributed by atoms with Gasteiger partial charge in [-0.3, -0.25) is 4.99 Å². The summed E-state index contributed by atoms with van der Waals surface area (Å²) < 4.78 is 47.4. The Morgan fingerprint density at radius 3 is 2.84 bits per heavy atom. The van der Waals surface area contributed by atoms with Gasteiger partial charge in [-0.05, 0) is 18.2 Å². The third-order valence-electron chi connectivity index (χ3n) is 6.71. The van der Waals surface area contributed by atoms with Crippen LogP contribution in [0.4, 0.5) is 18.0 Å². The Labute approximate surface area is 224 Å². The van der Waals surface area contributed by atoms with Crippen molar-refractivity contribution in [3.05, 3.63) is 87.5 Å². The summed E-state index contributed by atoms with van der Waals surface area (Å²) in [4.78, 5) is 25.6. The van der Waals surface area contributed by atoms with Crippen molar-refractivity contribution in [3.8, 4) is 0 Å². The molecule has 38 heavy (non-hydrogen) atoms. The zero-order valence-corrected chi connectivity index (χ0v) is 21.3. The third-order valence-corrected chi connectivity index (χ3v) is 7.80. The Morgan fingerprint density at radius 1 is 1.32 bits per heavy atom. The first-order valence-electron chi connectivity index (χ1n) is 11.6. The van der Waals surface area contributed by atoms with Crippen LogP contribution in [0.5, 0.6) is 0 Å². The number of carbonyl (C=O) groups is 1. The van der Waals surface area contributed by atoms with Gasteiger partial charge in [-0.15, -0.1) is 17.9 Å². The molecule has 0 N–H and O–H groups in total. The summed E-state index contributed by atoms with van der Waals surface area (Å²) in [5, 5.41) is 6.70. The summed E-state index contributed by atoms with van der Waals surface area (Å²) >= 11 is 7.87. The van der Waals surface area contributed by atoms with Crippen LogP contribution in [0.15, 0.2) is 65.4 Å². The van der Waals surface area contributed by atoms with Crippen LogP contribution >= 0.6 is 22.9 Å². The van der Waals surface area contributed by atoms with Gasteiger partial charge in [-0.1, -0.05) is 23.7 Å². The lowest BCUT2D eigenvalue weighted by Crippen LogP contribution is -2.40. The van der Waals surface area contributed by atoms with Crippen molar-refractivity contribution < 1.29 is 22.7 Å². The molecule has 0 bridgehead atoms. The molecule has 196 valence electrons. The maximum atomic E-state index is 14.0. The third kappa shape index (κ3) is 4.08. The van der Waals surface area contributed by atoms with Gasteiger partial charge in [0.2, 0.25) is 0 Å². The van der Waals surface area contributed by atoms with Crippen molar-refractivity contribution in [2.75, 3.05) is 19.6 Å². The van der Waals surface area contributed by atoms with Crippen LogP contribution < -0.4 is 0 Å². The molecule has 8 nitrogen and oxygen atoms in total. The number of halogens is 4. The van der Waals surface area contributed by atoms with E-state index in [9.17, 15) is 18.0 Å². The Kier molecular flexibility index (Phi) is 6.03. The molecule has 1 spiro atoms. The number of amidine groups is 1. The second kappa shape index (κ2) is 9.28. The van der Waals surface area contributed by atoms with Gasteiger partial charge in [0.1, 0.15) is 11.9 Å². The molecule has 0 radical (unpaired) electrons. The summed E-state index contributed by atoms with van der Waals surface area (Å²) in [6, 6.07) is 4.66. The lowest BCUT2D eigenvalue weighted by atomic mass is 9.91. The smallest absolute Gasteiger partial charge is 0.410 e. The van der Waals surface area contributed by atoms with Gasteiger partial charge in [0, 0.05) is 52.6 Å². The molecule has 2 aromatic heterocycles. The van der Waals surface area contributed by atoms with Crippen molar-refractivity contribution in [2.45, 2.75) is 24.6 Å². The average molecular weight is 561 g/mol. The lowest BCUT2D eigenvalue weighted by Gasteiger charge is -2.32. The first kappa shape index (κ1) is 24.7. The number of carbonyl (C=O) groups excluding carboxylic acids is 1. The molecule has 2 saturated heterocycles. The van der Waals surface area contributed by atoms with Crippen LogP contribution in [-0.4, -0.2) is 61.7 Å². The number of benzene rings is 1. The minimum absolute atomic E-state index is 0.134. The highest BCUT2D eigenvalue weighted by atomic mass is 35.5. The summed E-state index contributed by atoms with van der Waals surface area (Å²) in [5.41, 5.74) is 1.05. The van der Waals surface area contributed by atoms with E-state index in [1.165, 1.54) is 41.8 Å². The molecular formula is C25H20ClF3N6O2S. The number of nitrogens with zero attached hydrogens (tertiary/aromatic N) is 6. The summed E-state index contributed by atoms with van der Waals surface area (Å²) in [6.07, 6.45) is 4.29. The number of amides is 1. The molecule has 13 heteroatoms. The van der Waals surface area contributed by atoms with Gasteiger partial charge < -0.3 is 14.5 Å². The summed E-state index contributed by atoms with van der Waals surface area (Å²) in [7, 11) is 0. The van der Waals surface area contributed by atoms with Crippen LogP contribution in [0.2, 0.25) is 5.02 Å². The van der Waals surface area contributed by atoms with Crippen molar-refractivity contribution >= 4 is 40.4 Å². The topological polar surface area (TPSA) is 75.8 Å². The van der Waals surface area contributed by atoms with Crippen molar-refractivity contribution in [2.24, 2.45) is 4.99 Å². The monoisotopic (exact) mass is 560 g/mol. The van der Waals surface area contributed by atoms with Crippen LogP contribution in [-0.2, 0) is 4.74 Å². The Bertz CT molecular complexity index is 1490. The van der Waals surface area contributed by atoms with Gasteiger partial charge in [0.25, 0.3) is 0 Å². The summed E-state index contributed by atoms with van der Waals surface area (Å²) in [6.45, 7) is 1.79. The van der Waals surface area contributed by atoms with Crippen LogP contribution in [0, 0.1) is 5.82 Å². The van der Waals surface area contributed by atoms with Crippen LogP contribution in [0.25, 0.3) is 5.57 Å². The highest BCUT2D eigenvalue weighted by molar-refractivity contribution is 7.11. The quantitative estimate of drug-likeness (QED) is 0.371. The second-order valence-corrected chi connectivity index (χ2v) is 10.5. The minimum atomic E-state index is -2.84. The van der Waals surface area contributed by atoms with Crippen molar-refractivity contribution in [1.82, 2.24) is 24.6 Å². The van der Waals surface area contributed by atoms with E-state index in [2.05, 4.69) is 16.7 Å². The second-order valence-electron chi connectivity index (χ2n) is 9.16. The fourth-order valence-electron chi connectivity index (χ4n) is 5.19. The summed E-state index contributed by atoms with van der Waals surface area (Å²) in [5.74, 6) is 0.00372. The zero-order valence-electron chi connectivity index (χ0n) is 19.7. The fourth-order valence-corrected chi connectivity index (χ4v) is 6.10. The SMILES string of the molecule is C=CCN1CC2(CC3=C(c4ccn(C(F)F)n4)[C@H](c4ccc(F)cc4Cl)N=C(c4nccs4)N3C2)OC1=O. The molecule has 1 amide bonds. The van der Waals surface area contributed by atoms with Gasteiger partial charge >= 0.3 is 12.6 Å². The van der Waals surface area contributed by atoms with E-state index in [4.69, 9.17) is 21.3 Å². The molecule has 5 heterocycles. The van der Waals surface area contributed by atoms with E-state index < -0.39 is 30.1 Å². The average Bonchev–Trinajstić information content (AvgIpc) is 3.66. The van der Waals surface area contributed by atoms with Crippen molar-refractivity contribution in [3.63, 3.8) is 0 Å². The molecule has 2 fully saturated rings. The van der Waals surface area contributed by atoms with E-state index in [-0.39, 0.29) is 23.7 Å². The van der Waals surface area contributed by atoms with Gasteiger partial charge in [0.15, 0.2) is 16.4 Å². The number of hydrogen-bond donors (Lipinski definition) is 0. The Balaban J connectivity index is 1.55. The Morgan fingerprint density at radius 2 is 2.16 bits per heavy atom. The van der Waals surface area contributed by atoms with Crippen LogP contribution in [0.3, 0.4) is 0 Å². The molecule has 1 unspecified atom stereocenters. The number of aromatic nitrogens is 3. The van der Waals surface area contributed by atoms with E-state index in [1.54, 1.807) is 17.2 Å². The highest BCUT2D eigenvalue weighted by Crippen LogP contribution is 2.50. The predicted octanol–water partition coefficient (Wildman–Crippen LogP) is 5.52. The number of aliphatic imine (C=N–C) groups is 1.